The molecule has 16 heavy (non-hydrogen) atoms. The van der Waals surface area contributed by atoms with Gasteiger partial charge in [-0.2, -0.15) is 0 Å². The van der Waals surface area contributed by atoms with Crippen LogP contribution >= 0.6 is 0 Å². The minimum atomic E-state index is -1.24. The Morgan fingerprint density at radius 2 is 1.94 bits per heavy atom. The number of amides is 3. The lowest BCUT2D eigenvalue weighted by atomic mass is 10.2. The Balaban J connectivity index is 4.24. The molecule has 1 unspecified atom stereocenters. The Bertz CT molecular complexity index is 312. The number of carbonyl (C=O) groups is 3. The van der Waals surface area contributed by atoms with E-state index in [2.05, 4.69) is 0 Å². The van der Waals surface area contributed by atoms with E-state index in [-0.39, 0.29) is 6.04 Å². The molecule has 6 heteroatoms. The predicted molar refractivity (Wildman–Crippen MR) is 57.8 cm³/mol. The molecule has 0 aromatic carbocycles. The van der Waals surface area contributed by atoms with Gasteiger partial charge in [-0.3, -0.25) is 10.1 Å². The van der Waals surface area contributed by atoms with Gasteiger partial charge in [0.1, 0.15) is 0 Å². The average Bonchev–Trinajstić information content (AvgIpc) is 2.24. The van der Waals surface area contributed by atoms with Crippen molar-refractivity contribution in [3.63, 3.8) is 0 Å². The van der Waals surface area contributed by atoms with Crippen LogP contribution in [0.1, 0.15) is 20.3 Å². The van der Waals surface area contributed by atoms with Crippen LogP contribution < -0.4 is 5.32 Å². The smallest absolute Gasteiger partial charge is 0.328 e. The van der Waals surface area contributed by atoms with Gasteiger partial charge in [0.05, 0.1) is 0 Å². The standard InChI is InChI=1S/C10H16N2O4/c1-4-7(2)12(3)10(16)11-8(13)5-6-9(14)15/h5-7H,4H2,1-3H3,(H,14,15)(H,11,13,16)/b6-5+. The summed E-state index contributed by atoms with van der Waals surface area (Å²) in [5, 5.41) is 10.3. The fourth-order valence-electron chi connectivity index (χ4n) is 0.856. The molecule has 0 saturated carbocycles. The highest BCUT2D eigenvalue weighted by molar-refractivity contribution is 6.02. The van der Waals surface area contributed by atoms with Crippen LogP contribution in [0, 0.1) is 0 Å². The van der Waals surface area contributed by atoms with Crippen molar-refractivity contribution in [3.8, 4) is 0 Å². The first kappa shape index (κ1) is 14.2. The summed E-state index contributed by atoms with van der Waals surface area (Å²) in [6, 6.07) is -0.536. The van der Waals surface area contributed by atoms with Crippen LogP contribution in [0.25, 0.3) is 0 Å². The minimum absolute atomic E-state index is 0.0104. The van der Waals surface area contributed by atoms with Gasteiger partial charge >= 0.3 is 12.0 Å². The van der Waals surface area contributed by atoms with E-state index in [1.54, 1.807) is 7.05 Å². The van der Waals surface area contributed by atoms with Crippen molar-refractivity contribution in [3.05, 3.63) is 12.2 Å². The number of nitrogens with one attached hydrogen (secondary N) is 1. The van der Waals surface area contributed by atoms with Gasteiger partial charge in [0.25, 0.3) is 5.91 Å². The predicted octanol–water partition coefficient (Wildman–Crippen LogP) is 0.594. The number of imide groups is 1. The molecule has 0 spiro atoms. The number of hydrogen-bond donors (Lipinski definition) is 2. The fourth-order valence-corrected chi connectivity index (χ4v) is 0.856. The van der Waals surface area contributed by atoms with Crippen LogP contribution in [0.3, 0.4) is 0 Å². The molecule has 0 saturated heterocycles. The molecule has 0 rings (SSSR count). The Kier molecular flexibility index (Phi) is 5.84. The number of carbonyl (C=O) groups excluding carboxylic acids is 2. The van der Waals surface area contributed by atoms with Crippen LogP contribution in [0.2, 0.25) is 0 Å². The van der Waals surface area contributed by atoms with Gasteiger partial charge in [-0.25, -0.2) is 9.59 Å². The molecule has 6 nitrogen and oxygen atoms in total. The summed E-state index contributed by atoms with van der Waals surface area (Å²) in [7, 11) is 1.57. The number of urea groups is 1. The lowest BCUT2D eigenvalue weighted by Gasteiger charge is -2.23. The number of nitrogens with zero attached hydrogens (tertiary/aromatic N) is 1. The van der Waals surface area contributed by atoms with Crippen molar-refractivity contribution < 1.29 is 19.5 Å². The summed E-state index contributed by atoms with van der Waals surface area (Å²) in [4.78, 5) is 34.0. The van der Waals surface area contributed by atoms with Crippen molar-refractivity contribution in [2.75, 3.05) is 7.05 Å². The maximum atomic E-state index is 11.4. The molecule has 0 radical (unpaired) electrons. The zero-order chi connectivity index (χ0) is 12.7. The van der Waals surface area contributed by atoms with Gasteiger partial charge in [0, 0.05) is 25.2 Å². The first-order valence-electron chi connectivity index (χ1n) is 4.87. The van der Waals surface area contributed by atoms with E-state index in [9.17, 15) is 14.4 Å². The van der Waals surface area contributed by atoms with E-state index in [1.165, 1.54) is 4.90 Å². The molecule has 0 fully saturated rings. The normalized spacial score (nSPS) is 12.2. The second-order valence-corrected chi connectivity index (χ2v) is 3.33. The maximum Gasteiger partial charge on any atom is 0.328 e. The summed E-state index contributed by atoms with van der Waals surface area (Å²) < 4.78 is 0. The molecule has 0 aromatic rings. The number of hydrogen-bond acceptors (Lipinski definition) is 3. The average molecular weight is 228 g/mol. The van der Waals surface area contributed by atoms with Crippen molar-refractivity contribution in [2.24, 2.45) is 0 Å². The molecule has 0 bridgehead atoms. The number of carboxylic acids is 1. The van der Waals surface area contributed by atoms with E-state index in [0.717, 1.165) is 12.5 Å². The van der Waals surface area contributed by atoms with Gasteiger partial charge in [0.15, 0.2) is 0 Å². The molecule has 1 atom stereocenters. The summed E-state index contributed by atoms with van der Waals surface area (Å²) in [5.74, 6) is -1.99. The van der Waals surface area contributed by atoms with Gasteiger partial charge < -0.3 is 10.0 Å². The number of aliphatic carboxylic acids is 1. The lowest BCUT2D eigenvalue weighted by molar-refractivity contribution is -0.131. The Morgan fingerprint density at radius 1 is 1.38 bits per heavy atom. The fraction of sp³-hybridized carbons (Fsp3) is 0.500. The van der Waals surface area contributed by atoms with Crippen LogP contribution in [0.4, 0.5) is 4.79 Å². The molecule has 0 aromatic heterocycles. The topological polar surface area (TPSA) is 86.7 Å². The zero-order valence-corrected chi connectivity index (χ0v) is 9.56. The summed E-state index contributed by atoms with van der Waals surface area (Å²) in [6.07, 6.45) is 2.24. The SMILES string of the molecule is CCC(C)N(C)C(=O)NC(=O)/C=C/C(=O)O. The van der Waals surface area contributed by atoms with Gasteiger partial charge in [0.2, 0.25) is 0 Å². The molecule has 0 aliphatic heterocycles. The Labute approximate surface area is 93.9 Å². The quantitative estimate of drug-likeness (QED) is 0.689. The number of carboxylic acid groups (broad SMARTS) is 1. The third-order valence-corrected chi connectivity index (χ3v) is 2.18. The first-order chi connectivity index (χ1) is 7.38. The summed E-state index contributed by atoms with van der Waals surface area (Å²) in [6.45, 7) is 3.76. The second kappa shape index (κ2) is 6.60. The molecular weight excluding hydrogens is 212 g/mol. The molecule has 0 aliphatic carbocycles. The maximum absolute atomic E-state index is 11.4. The second-order valence-electron chi connectivity index (χ2n) is 3.33. The molecule has 0 aliphatic rings. The van der Waals surface area contributed by atoms with Crippen molar-refractivity contribution in [2.45, 2.75) is 26.3 Å². The van der Waals surface area contributed by atoms with E-state index in [1.807, 2.05) is 19.2 Å². The van der Waals surface area contributed by atoms with Crippen LogP contribution in [0.15, 0.2) is 12.2 Å². The largest absolute Gasteiger partial charge is 0.478 e. The van der Waals surface area contributed by atoms with Gasteiger partial charge in [-0.05, 0) is 13.3 Å². The van der Waals surface area contributed by atoms with Crippen molar-refractivity contribution in [1.29, 1.82) is 0 Å². The molecular formula is C10H16N2O4. The minimum Gasteiger partial charge on any atom is -0.478 e. The molecule has 3 amide bonds. The Morgan fingerprint density at radius 3 is 2.38 bits per heavy atom. The van der Waals surface area contributed by atoms with Gasteiger partial charge in [-0.15, -0.1) is 0 Å². The molecule has 0 heterocycles. The van der Waals surface area contributed by atoms with E-state index in [0.29, 0.717) is 6.08 Å². The van der Waals surface area contributed by atoms with Crippen molar-refractivity contribution in [1.82, 2.24) is 10.2 Å². The highest BCUT2D eigenvalue weighted by Crippen LogP contribution is 1.99. The van der Waals surface area contributed by atoms with E-state index >= 15 is 0 Å². The third kappa shape index (κ3) is 5.14. The Hall–Kier alpha value is -1.85. The van der Waals surface area contributed by atoms with E-state index in [4.69, 9.17) is 5.11 Å². The van der Waals surface area contributed by atoms with Crippen molar-refractivity contribution >= 4 is 17.9 Å². The third-order valence-electron chi connectivity index (χ3n) is 2.18. The number of rotatable bonds is 4. The zero-order valence-electron chi connectivity index (χ0n) is 9.56. The van der Waals surface area contributed by atoms with E-state index < -0.39 is 17.9 Å². The lowest BCUT2D eigenvalue weighted by Crippen LogP contribution is -2.44. The van der Waals surface area contributed by atoms with Crippen LogP contribution in [0.5, 0.6) is 0 Å². The summed E-state index contributed by atoms with van der Waals surface area (Å²) in [5.41, 5.74) is 0. The van der Waals surface area contributed by atoms with Crippen LogP contribution in [-0.4, -0.2) is 41.0 Å². The monoisotopic (exact) mass is 228 g/mol. The molecule has 90 valence electrons. The van der Waals surface area contributed by atoms with Gasteiger partial charge in [-0.1, -0.05) is 6.92 Å². The molecule has 2 N–H and O–H groups in total. The highest BCUT2D eigenvalue weighted by atomic mass is 16.4. The first-order valence-corrected chi connectivity index (χ1v) is 4.87. The highest BCUT2D eigenvalue weighted by Gasteiger charge is 2.15. The summed E-state index contributed by atoms with van der Waals surface area (Å²) >= 11 is 0. The van der Waals surface area contributed by atoms with Crippen LogP contribution in [-0.2, 0) is 9.59 Å².